The first-order valence-electron chi connectivity index (χ1n) is 19.1. The Morgan fingerprint density at radius 3 is 1.55 bits per heavy atom. The SMILES string of the molecule is CC#CC#CC#CC#CC#CC#CC#CC#CC#CC#CC#CC#CC(=O)N[C@@H](COC1OC(CO)C(O)[CH]C1O)[C@H](O)/C=C/CCCCCCCCCCCCC. The maximum Gasteiger partial charge on any atom is 0.297 e. The van der Waals surface area contributed by atoms with Gasteiger partial charge in [0.15, 0.2) is 6.29 Å². The third kappa shape index (κ3) is 28.1. The van der Waals surface area contributed by atoms with Crippen molar-refractivity contribution in [2.45, 2.75) is 128 Å². The maximum atomic E-state index is 12.6. The Morgan fingerprint density at radius 2 is 1.10 bits per heavy atom. The van der Waals surface area contributed by atoms with Crippen molar-refractivity contribution >= 4 is 5.91 Å². The minimum absolute atomic E-state index is 0.271. The number of nitrogens with one attached hydrogen (secondary N) is 1. The molecule has 0 aromatic rings. The zero-order valence-electron chi connectivity index (χ0n) is 33.1. The average molecular weight is 775 g/mol. The number of allylic oxidation sites excluding steroid dienone is 1. The summed E-state index contributed by atoms with van der Waals surface area (Å²) in [7, 11) is 0. The Hall–Kier alpha value is -6.31. The summed E-state index contributed by atoms with van der Waals surface area (Å²) in [6.07, 6.45) is 13.1. The number of rotatable bonds is 19. The van der Waals surface area contributed by atoms with Gasteiger partial charge >= 0.3 is 0 Å². The van der Waals surface area contributed by atoms with Crippen molar-refractivity contribution in [1.82, 2.24) is 5.32 Å². The lowest BCUT2D eigenvalue weighted by Crippen LogP contribution is -2.52. The number of aliphatic hydroxyl groups excluding tert-OH is 4. The van der Waals surface area contributed by atoms with E-state index in [1.807, 2.05) is 6.08 Å². The molecule has 1 rings (SSSR count). The summed E-state index contributed by atoms with van der Waals surface area (Å²) in [5.74, 6) is 59.0. The number of carbonyl (C=O) groups excluding carboxylic acids is 1. The summed E-state index contributed by atoms with van der Waals surface area (Å²) in [5.41, 5.74) is 0. The summed E-state index contributed by atoms with van der Waals surface area (Å²) in [4.78, 5) is 12.6. The fourth-order valence-corrected chi connectivity index (χ4v) is 4.74. The van der Waals surface area contributed by atoms with Crippen molar-refractivity contribution in [2.75, 3.05) is 13.2 Å². The molecule has 8 heteroatoms. The lowest BCUT2D eigenvalue weighted by Gasteiger charge is -2.36. The van der Waals surface area contributed by atoms with Crippen LogP contribution in [-0.4, -0.2) is 76.3 Å². The minimum atomic E-state index is -1.30. The van der Waals surface area contributed by atoms with Crippen LogP contribution in [-0.2, 0) is 14.3 Å². The number of amides is 1. The number of unbranched alkanes of at least 4 members (excludes halogenated alkanes) is 11. The molecule has 0 saturated carbocycles. The smallest absolute Gasteiger partial charge is 0.297 e. The van der Waals surface area contributed by atoms with E-state index in [1.54, 1.807) is 13.0 Å². The minimum Gasteiger partial charge on any atom is -0.394 e. The second-order valence-electron chi connectivity index (χ2n) is 12.2. The van der Waals surface area contributed by atoms with Gasteiger partial charge in [0.2, 0.25) is 0 Å². The molecule has 0 spiro atoms. The lowest BCUT2D eigenvalue weighted by atomic mass is 10.0. The topological polar surface area (TPSA) is 128 Å². The monoisotopic (exact) mass is 774 g/mol. The van der Waals surface area contributed by atoms with E-state index in [-0.39, 0.29) is 6.61 Å². The predicted molar refractivity (Wildman–Crippen MR) is 225 cm³/mol. The van der Waals surface area contributed by atoms with Crippen molar-refractivity contribution in [3.63, 3.8) is 0 Å². The number of carbonyl (C=O) groups is 1. The third-order valence-electron chi connectivity index (χ3n) is 7.63. The van der Waals surface area contributed by atoms with Gasteiger partial charge in [-0.1, -0.05) is 89.2 Å². The van der Waals surface area contributed by atoms with Crippen LogP contribution < -0.4 is 5.32 Å². The van der Waals surface area contributed by atoms with Gasteiger partial charge in [0, 0.05) is 47.9 Å². The van der Waals surface area contributed by atoms with Crippen LogP contribution in [0.25, 0.3) is 0 Å². The van der Waals surface area contributed by atoms with Crippen molar-refractivity contribution in [3.05, 3.63) is 18.6 Å². The molecule has 1 fully saturated rings. The van der Waals surface area contributed by atoms with Crippen molar-refractivity contribution < 1.29 is 34.7 Å². The first-order valence-corrected chi connectivity index (χ1v) is 19.1. The molecule has 4 unspecified atom stereocenters. The molecule has 0 aromatic carbocycles. The summed E-state index contributed by atoms with van der Waals surface area (Å²) < 4.78 is 11.1. The Labute approximate surface area is 346 Å². The molecule has 1 aliphatic heterocycles. The van der Waals surface area contributed by atoms with Crippen LogP contribution in [0.3, 0.4) is 0 Å². The van der Waals surface area contributed by atoms with Gasteiger partial charge < -0.3 is 35.2 Å². The van der Waals surface area contributed by atoms with Gasteiger partial charge in [0.25, 0.3) is 5.91 Å². The first kappa shape index (κ1) is 49.7. The van der Waals surface area contributed by atoms with Crippen LogP contribution in [0.5, 0.6) is 0 Å². The zero-order valence-corrected chi connectivity index (χ0v) is 33.1. The fraction of sp³-hybridized carbons (Fsp3) is 0.440. The average Bonchev–Trinajstić information content (AvgIpc) is 3.21. The van der Waals surface area contributed by atoms with Crippen LogP contribution in [0.4, 0.5) is 0 Å². The Morgan fingerprint density at radius 1 is 0.672 bits per heavy atom. The van der Waals surface area contributed by atoms with Gasteiger partial charge in [0.05, 0.1) is 31.5 Å². The molecular weight excluding hydrogens is 727 g/mol. The molecular formula is C50H48NO7. The van der Waals surface area contributed by atoms with E-state index in [0.29, 0.717) is 0 Å². The molecule has 8 nitrogen and oxygen atoms in total. The molecule has 1 aliphatic rings. The Kier molecular flexibility index (Phi) is 31.1. The lowest BCUT2D eigenvalue weighted by molar-refractivity contribution is -0.254. The van der Waals surface area contributed by atoms with Gasteiger partial charge in [-0.05, 0) is 114 Å². The highest BCUT2D eigenvalue weighted by Gasteiger charge is 2.37. The number of hydrogen-bond acceptors (Lipinski definition) is 7. The number of ether oxygens (including phenoxy) is 2. The van der Waals surface area contributed by atoms with E-state index in [0.717, 1.165) is 19.3 Å². The highest BCUT2D eigenvalue weighted by Crippen LogP contribution is 2.21. The Balaban J connectivity index is 2.67. The highest BCUT2D eigenvalue weighted by atomic mass is 16.7. The van der Waals surface area contributed by atoms with Gasteiger partial charge in [-0.15, -0.1) is 0 Å². The van der Waals surface area contributed by atoms with E-state index < -0.39 is 49.3 Å². The van der Waals surface area contributed by atoms with Crippen LogP contribution >= 0.6 is 0 Å². The van der Waals surface area contributed by atoms with Crippen molar-refractivity contribution in [1.29, 1.82) is 0 Å². The molecule has 1 radical (unpaired) electrons. The standard InChI is InChI=1S/C50H48NO7/c1-3-5-7-9-11-13-15-17-18-19-20-21-22-23-24-25-26-28-30-32-34-36-38-40-49(56)51-44(43-57-50-47(55)41-46(54)48(42-52)58-50)45(53)39-37-35-33-31-29-27-16-14-12-10-8-6-4-2/h37,39,41,44-48,50,52-55H,4,6,8,10,12,14,16,27,29,31,33,35,42-43H2,1-2H3,(H,51,56)/b39-37+/t44-,45+,46?,47?,48?,50?/m0/s1. The highest BCUT2D eigenvalue weighted by molar-refractivity contribution is 5.94. The zero-order chi connectivity index (χ0) is 42.2. The number of aliphatic hydroxyl groups is 4. The second kappa shape index (κ2) is 36.3. The maximum absolute atomic E-state index is 12.6. The largest absolute Gasteiger partial charge is 0.394 e. The van der Waals surface area contributed by atoms with E-state index in [4.69, 9.17) is 9.47 Å². The van der Waals surface area contributed by atoms with Gasteiger partial charge in [-0.25, -0.2) is 0 Å². The molecule has 5 N–H and O–H groups in total. The Bertz CT molecular complexity index is 2110. The predicted octanol–water partition coefficient (Wildman–Crippen LogP) is 2.81. The summed E-state index contributed by atoms with van der Waals surface area (Å²) in [6.45, 7) is 3.14. The number of hydrogen-bond donors (Lipinski definition) is 5. The molecule has 1 amide bonds. The van der Waals surface area contributed by atoms with Gasteiger partial charge in [-0.2, -0.15) is 0 Å². The molecule has 6 atom stereocenters. The molecule has 0 bridgehead atoms. The normalized spacial score (nSPS) is 16.2. The fourth-order valence-electron chi connectivity index (χ4n) is 4.74. The quantitative estimate of drug-likeness (QED) is 0.0777. The van der Waals surface area contributed by atoms with Crippen LogP contribution in [0.15, 0.2) is 12.2 Å². The van der Waals surface area contributed by atoms with E-state index in [1.165, 1.54) is 64.2 Å². The van der Waals surface area contributed by atoms with Gasteiger partial charge in [-0.3, -0.25) is 4.79 Å². The first-order chi connectivity index (χ1) is 28.4. The molecule has 58 heavy (non-hydrogen) atoms. The summed E-state index contributed by atoms with van der Waals surface area (Å²) in [5, 5.41) is 43.2. The van der Waals surface area contributed by atoms with Crippen molar-refractivity contribution in [2.24, 2.45) is 0 Å². The van der Waals surface area contributed by atoms with E-state index in [2.05, 4.69) is 154 Å². The van der Waals surface area contributed by atoms with E-state index >= 15 is 0 Å². The molecule has 1 saturated heterocycles. The molecule has 0 aromatic heterocycles. The van der Waals surface area contributed by atoms with Crippen LogP contribution in [0, 0.1) is 149 Å². The third-order valence-corrected chi connectivity index (χ3v) is 7.63. The van der Waals surface area contributed by atoms with Gasteiger partial charge in [0.1, 0.15) is 12.2 Å². The van der Waals surface area contributed by atoms with Crippen LogP contribution in [0.1, 0.15) is 90.9 Å². The second-order valence-corrected chi connectivity index (χ2v) is 12.2. The van der Waals surface area contributed by atoms with Crippen LogP contribution in [0.2, 0.25) is 0 Å². The summed E-state index contributed by atoms with van der Waals surface area (Å²) in [6, 6.07) is -0.969. The molecule has 1 heterocycles. The van der Waals surface area contributed by atoms with Crippen molar-refractivity contribution in [3.8, 4) is 142 Å². The summed E-state index contributed by atoms with van der Waals surface area (Å²) >= 11 is 0. The van der Waals surface area contributed by atoms with E-state index in [9.17, 15) is 25.2 Å². The molecule has 0 aliphatic carbocycles. The molecule has 295 valence electrons.